The van der Waals surface area contributed by atoms with E-state index >= 15 is 0 Å². The number of carboxylic acid groups (broad SMARTS) is 1. The fourth-order valence-corrected chi connectivity index (χ4v) is 2.41. The Balaban J connectivity index is 2.09. The molecule has 0 bridgehead atoms. The molecule has 0 amide bonds. The van der Waals surface area contributed by atoms with Gasteiger partial charge in [-0.3, -0.25) is 0 Å². The average molecular weight is 403 g/mol. The van der Waals surface area contributed by atoms with E-state index in [2.05, 4.69) is 26.2 Å². The summed E-state index contributed by atoms with van der Waals surface area (Å²) in [6.07, 6.45) is 0. The predicted molar refractivity (Wildman–Crippen MR) is 94.3 cm³/mol. The lowest BCUT2D eigenvalue weighted by molar-refractivity contribution is 0.0692. The van der Waals surface area contributed by atoms with Gasteiger partial charge in [-0.05, 0) is 36.4 Å². The molecule has 0 saturated carbocycles. The summed E-state index contributed by atoms with van der Waals surface area (Å²) >= 11 is 3.34. The monoisotopic (exact) mass is 402 g/mol. The van der Waals surface area contributed by atoms with Crippen LogP contribution in [0.3, 0.4) is 0 Å². The van der Waals surface area contributed by atoms with Crippen molar-refractivity contribution in [3.8, 4) is 5.75 Å². The number of azo groups is 1. The minimum absolute atomic E-state index is 0.203. The molecule has 3 aromatic rings. The highest BCUT2D eigenvalue weighted by molar-refractivity contribution is 9.10. The third kappa shape index (κ3) is 3.58. The summed E-state index contributed by atoms with van der Waals surface area (Å²) in [7, 11) is 1.45. The second-order valence-electron chi connectivity index (χ2n) is 4.99. The number of ether oxygens (including phenoxy) is 1. The number of benzene rings is 2. The van der Waals surface area contributed by atoms with Gasteiger partial charge >= 0.3 is 11.6 Å². The number of carbonyl (C=O) groups is 1. The number of aromatic carboxylic acids is 1. The largest absolute Gasteiger partial charge is 0.494 e. The SMILES string of the molecule is COc1cc2oc(=O)c(C(=O)O)cc2cc1/N=N/c1ccc(Br)cc1. The lowest BCUT2D eigenvalue weighted by Crippen LogP contribution is -2.12. The Morgan fingerprint density at radius 2 is 1.88 bits per heavy atom. The van der Waals surface area contributed by atoms with Crippen LogP contribution in [0.2, 0.25) is 0 Å². The van der Waals surface area contributed by atoms with Gasteiger partial charge in [0.1, 0.15) is 22.6 Å². The summed E-state index contributed by atoms with van der Waals surface area (Å²) in [4.78, 5) is 22.7. The van der Waals surface area contributed by atoms with Gasteiger partial charge in [-0.2, -0.15) is 5.11 Å². The van der Waals surface area contributed by atoms with Crippen molar-refractivity contribution in [3.05, 3.63) is 62.9 Å². The first kappa shape index (κ1) is 16.8. The predicted octanol–water partition coefficient (Wildman–Crippen LogP) is 4.68. The van der Waals surface area contributed by atoms with Crippen LogP contribution in [0.1, 0.15) is 10.4 Å². The molecule has 7 nitrogen and oxygen atoms in total. The highest BCUT2D eigenvalue weighted by atomic mass is 79.9. The van der Waals surface area contributed by atoms with Crippen molar-refractivity contribution in [1.82, 2.24) is 0 Å². The molecule has 25 heavy (non-hydrogen) atoms. The van der Waals surface area contributed by atoms with Crippen LogP contribution in [-0.4, -0.2) is 18.2 Å². The van der Waals surface area contributed by atoms with E-state index in [0.29, 0.717) is 22.5 Å². The van der Waals surface area contributed by atoms with Gasteiger partial charge in [0, 0.05) is 15.9 Å². The van der Waals surface area contributed by atoms with Crippen LogP contribution < -0.4 is 10.4 Å². The van der Waals surface area contributed by atoms with Crippen LogP contribution in [0.25, 0.3) is 11.0 Å². The number of hydrogen-bond donors (Lipinski definition) is 1. The van der Waals surface area contributed by atoms with Gasteiger partial charge in [0.15, 0.2) is 0 Å². The zero-order chi connectivity index (χ0) is 18.0. The van der Waals surface area contributed by atoms with Crippen LogP contribution in [0, 0.1) is 0 Å². The van der Waals surface area contributed by atoms with Crippen molar-refractivity contribution in [2.75, 3.05) is 7.11 Å². The average Bonchev–Trinajstić information content (AvgIpc) is 2.59. The molecule has 1 N–H and O–H groups in total. The normalized spacial score (nSPS) is 11.1. The van der Waals surface area contributed by atoms with Gasteiger partial charge in [0.05, 0.1) is 12.8 Å². The third-order valence-corrected chi connectivity index (χ3v) is 3.89. The van der Waals surface area contributed by atoms with E-state index in [4.69, 9.17) is 14.3 Å². The second kappa shape index (κ2) is 6.86. The van der Waals surface area contributed by atoms with Crippen molar-refractivity contribution < 1.29 is 19.1 Å². The van der Waals surface area contributed by atoms with Crippen LogP contribution in [0.4, 0.5) is 11.4 Å². The molecular formula is C17H11BrN2O5. The number of carboxylic acids is 1. The molecule has 1 heterocycles. The number of hydrogen-bond acceptors (Lipinski definition) is 6. The van der Waals surface area contributed by atoms with Gasteiger partial charge in [-0.1, -0.05) is 15.9 Å². The Morgan fingerprint density at radius 3 is 2.52 bits per heavy atom. The zero-order valence-electron chi connectivity index (χ0n) is 12.9. The first-order valence-corrected chi connectivity index (χ1v) is 7.84. The summed E-state index contributed by atoms with van der Waals surface area (Å²) in [6.45, 7) is 0. The van der Waals surface area contributed by atoms with Crippen LogP contribution in [-0.2, 0) is 0 Å². The fourth-order valence-electron chi connectivity index (χ4n) is 2.15. The Bertz CT molecular complexity index is 1040. The molecule has 3 rings (SSSR count). The quantitative estimate of drug-likeness (QED) is 0.504. The van der Waals surface area contributed by atoms with E-state index in [1.807, 2.05) is 12.1 Å². The Labute approximate surface area is 149 Å². The Morgan fingerprint density at radius 1 is 1.16 bits per heavy atom. The second-order valence-corrected chi connectivity index (χ2v) is 5.91. The van der Waals surface area contributed by atoms with Gasteiger partial charge in [-0.15, -0.1) is 5.11 Å². The van der Waals surface area contributed by atoms with Crippen molar-refractivity contribution in [1.29, 1.82) is 0 Å². The molecule has 0 radical (unpaired) electrons. The summed E-state index contributed by atoms with van der Waals surface area (Å²) in [5.41, 5.74) is -0.159. The molecule has 2 aromatic carbocycles. The minimum Gasteiger partial charge on any atom is -0.494 e. The van der Waals surface area contributed by atoms with Crippen LogP contribution in [0.5, 0.6) is 5.75 Å². The van der Waals surface area contributed by atoms with Crippen molar-refractivity contribution >= 4 is 44.2 Å². The highest BCUT2D eigenvalue weighted by Gasteiger charge is 2.14. The Hall–Kier alpha value is -3.00. The molecule has 0 unspecified atom stereocenters. The number of methoxy groups -OCH3 is 1. The van der Waals surface area contributed by atoms with Crippen LogP contribution >= 0.6 is 15.9 Å². The first-order chi connectivity index (χ1) is 12.0. The van der Waals surface area contributed by atoms with Gasteiger partial charge < -0.3 is 14.3 Å². The molecule has 126 valence electrons. The van der Waals surface area contributed by atoms with Crippen molar-refractivity contribution in [2.24, 2.45) is 10.2 Å². The molecule has 0 atom stereocenters. The molecule has 0 fully saturated rings. The zero-order valence-corrected chi connectivity index (χ0v) is 14.5. The van der Waals surface area contributed by atoms with E-state index in [-0.39, 0.29) is 5.58 Å². The molecule has 1 aromatic heterocycles. The lowest BCUT2D eigenvalue weighted by Gasteiger charge is -2.06. The standard InChI is InChI=1S/C17H11BrN2O5/c1-24-15-8-14-9(6-12(16(21)22)17(23)25-14)7-13(15)20-19-11-4-2-10(18)3-5-11/h2-8H,1H3,(H,21,22)/b20-19+. The molecule has 0 spiro atoms. The van der Waals surface area contributed by atoms with Gasteiger partial charge in [-0.25, -0.2) is 9.59 Å². The number of fused-ring (bicyclic) bond motifs is 1. The molecule has 0 saturated heterocycles. The number of rotatable bonds is 4. The topological polar surface area (TPSA) is 101 Å². The van der Waals surface area contributed by atoms with Crippen molar-refractivity contribution in [3.63, 3.8) is 0 Å². The lowest BCUT2D eigenvalue weighted by atomic mass is 10.1. The van der Waals surface area contributed by atoms with E-state index < -0.39 is 17.2 Å². The molecular weight excluding hydrogens is 392 g/mol. The smallest absolute Gasteiger partial charge is 0.351 e. The minimum atomic E-state index is -1.36. The van der Waals surface area contributed by atoms with E-state index in [9.17, 15) is 9.59 Å². The maximum atomic E-state index is 11.7. The molecule has 8 heteroatoms. The summed E-state index contributed by atoms with van der Waals surface area (Å²) in [5.74, 6) is -1.01. The maximum absolute atomic E-state index is 11.7. The molecule has 0 aliphatic carbocycles. The number of nitrogens with zero attached hydrogens (tertiary/aromatic N) is 2. The van der Waals surface area contributed by atoms with Crippen LogP contribution in [0.15, 0.2) is 66.4 Å². The molecule has 0 aliphatic rings. The highest BCUT2D eigenvalue weighted by Crippen LogP contribution is 2.33. The maximum Gasteiger partial charge on any atom is 0.351 e. The summed E-state index contributed by atoms with van der Waals surface area (Å²) < 4.78 is 11.2. The van der Waals surface area contributed by atoms with E-state index in [1.54, 1.807) is 18.2 Å². The third-order valence-electron chi connectivity index (χ3n) is 3.36. The van der Waals surface area contributed by atoms with E-state index in [1.165, 1.54) is 19.2 Å². The molecule has 0 aliphatic heterocycles. The van der Waals surface area contributed by atoms with Gasteiger partial charge in [0.2, 0.25) is 0 Å². The van der Waals surface area contributed by atoms with Crippen molar-refractivity contribution in [2.45, 2.75) is 0 Å². The first-order valence-electron chi connectivity index (χ1n) is 7.04. The van der Waals surface area contributed by atoms with E-state index in [0.717, 1.165) is 4.47 Å². The summed E-state index contributed by atoms with van der Waals surface area (Å²) in [5, 5.41) is 17.7. The Kier molecular flexibility index (Phi) is 4.62. The fraction of sp³-hybridized carbons (Fsp3) is 0.0588. The summed E-state index contributed by atoms with van der Waals surface area (Å²) in [6, 6.07) is 11.5. The number of halogens is 1. The van der Waals surface area contributed by atoms with Gasteiger partial charge in [0.25, 0.3) is 0 Å².